The minimum atomic E-state index is 0.547. The van der Waals surface area contributed by atoms with Crippen LogP contribution in [0.3, 0.4) is 0 Å². The van der Waals surface area contributed by atoms with Gasteiger partial charge < -0.3 is 9.47 Å². The van der Waals surface area contributed by atoms with E-state index in [0.29, 0.717) is 6.04 Å². The molecule has 1 aromatic carbocycles. The summed E-state index contributed by atoms with van der Waals surface area (Å²) in [6.07, 6.45) is 6.26. The number of rotatable bonds is 5. The molecule has 1 atom stereocenters. The number of hydrogen-bond acceptors (Lipinski definition) is 3. The zero-order valence-electron chi connectivity index (χ0n) is 14.4. The van der Waals surface area contributed by atoms with Gasteiger partial charge in [-0.2, -0.15) is 0 Å². The van der Waals surface area contributed by atoms with E-state index < -0.39 is 0 Å². The first kappa shape index (κ1) is 16.1. The molecule has 1 aromatic heterocycles. The lowest BCUT2D eigenvalue weighted by Crippen LogP contribution is -2.39. The third kappa shape index (κ3) is 3.94. The molecule has 0 aliphatic carbocycles. The first-order valence-electron chi connectivity index (χ1n) is 8.82. The number of hydrogen-bond donors (Lipinski definition) is 0. The molecule has 1 saturated heterocycles. The molecule has 0 saturated carbocycles. The zero-order valence-corrected chi connectivity index (χ0v) is 14.4. The number of nitrogens with zero attached hydrogens (tertiary/aromatic N) is 4. The number of aromatic nitrogens is 2. The van der Waals surface area contributed by atoms with Crippen LogP contribution in [-0.4, -0.2) is 46.7 Å². The smallest absolute Gasteiger partial charge is 0.108 e. The highest BCUT2D eigenvalue weighted by molar-refractivity contribution is 5.46. The number of aryl methyl sites for hydroxylation is 1. The number of anilines is 1. The Hall–Kier alpha value is -1.81. The normalized spacial score (nSPS) is 17.9. The fourth-order valence-electron chi connectivity index (χ4n) is 3.50. The van der Waals surface area contributed by atoms with Gasteiger partial charge in [0.05, 0.1) is 0 Å². The van der Waals surface area contributed by atoms with E-state index in [0.717, 1.165) is 32.6 Å². The van der Waals surface area contributed by atoms with Gasteiger partial charge >= 0.3 is 0 Å². The van der Waals surface area contributed by atoms with Crippen molar-refractivity contribution >= 4 is 5.69 Å². The zero-order chi connectivity index (χ0) is 16.1. The average Bonchev–Trinajstić information content (AvgIpc) is 2.88. The van der Waals surface area contributed by atoms with E-state index in [1.807, 2.05) is 6.20 Å². The minimum absolute atomic E-state index is 0.547. The van der Waals surface area contributed by atoms with Gasteiger partial charge in [-0.15, -0.1) is 0 Å². The van der Waals surface area contributed by atoms with Crippen LogP contribution in [0, 0.1) is 0 Å². The predicted octanol–water partition coefficient (Wildman–Crippen LogP) is 3.05. The summed E-state index contributed by atoms with van der Waals surface area (Å²) < 4.78 is 2.31. The van der Waals surface area contributed by atoms with Gasteiger partial charge in [0.25, 0.3) is 0 Å². The van der Waals surface area contributed by atoms with E-state index in [9.17, 15) is 0 Å². The molecule has 124 valence electrons. The van der Waals surface area contributed by atoms with Crippen LogP contribution in [0.2, 0.25) is 0 Å². The molecular weight excluding hydrogens is 284 g/mol. The summed E-state index contributed by atoms with van der Waals surface area (Å²) in [4.78, 5) is 9.58. The van der Waals surface area contributed by atoms with Crippen LogP contribution < -0.4 is 4.90 Å². The Balaban J connectivity index is 1.59. The van der Waals surface area contributed by atoms with Crippen molar-refractivity contribution in [2.45, 2.75) is 39.3 Å². The van der Waals surface area contributed by atoms with E-state index >= 15 is 0 Å². The Morgan fingerprint density at radius 2 is 1.91 bits per heavy atom. The van der Waals surface area contributed by atoms with E-state index in [4.69, 9.17) is 0 Å². The van der Waals surface area contributed by atoms with Crippen molar-refractivity contribution < 1.29 is 0 Å². The van der Waals surface area contributed by atoms with Gasteiger partial charge in [-0.1, -0.05) is 25.1 Å². The lowest BCUT2D eigenvalue weighted by atomic mass is 10.2. The van der Waals surface area contributed by atoms with Gasteiger partial charge in [0.15, 0.2) is 0 Å². The molecule has 0 amide bonds. The molecule has 1 unspecified atom stereocenters. The van der Waals surface area contributed by atoms with Crippen LogP contribution in [0.25, 0.3) is 0 Å². The molecule has 2 aromatic rings. The Morgan fingerprint density at radius 1 is 1.09 bits per heavy atom. The molecule has 1 aliphatic heterocycles. The fraction of sp³-hybridized carbons (Fsp3) is 0.526. The molecule has 23 heavy (non-hydrogen) atoms. The second-order valence-electron chi connectivity index (χ2n) is 6.41. The molecule has 0 bridgehead atoms. The van der Waals surface area contributed by atoms with E-state index in [2.05, 4.69) is 69.7 Å². The first-order valence-corrected chi connectivity index (χ1v) is 8.82. The minimum Gasteiger partial charge on any atom is -0.370 e. The third-order valence-electron chi connectivity index (χ3n) is 4.85. The van der Waals surface area contributed by atoms with Gasteiger partial charge in [-0.05, 0) is 25.5 Å². The maximum atomic E-state index is 4.44. The van der Waals surface area contributed by atoms with Crippen LogP contribution in [0.15, 0.2) is 42.7 Å². The lowest BCUT2D eigenvalue weighted by molar-refractivity contribution is 0.203. The largest absolute Gasteiger partial charge is 0.370 e. The van der Waals surface area contributed by atoms with E-state index in [-0.39, 0.29) is 0 Å². The topological polar surface area (TPSA) is 24.3 Å². The molecular formula is C19H28N4. The first-order chi connectivity index (χ1) is 11.3. The molecule has 3 rings (SSSR count). The number of para-hydroxylation sites is 1. The molecule has 0 radical (unpaired) electrons. The standard InChI is InChI=1S/C19H28N4/c1-3-19-20-10-13-23(19)16-17(2)21-11-7-12-22(15-14-21)18-8-5-4-6-9-18/h4-6,8-10,13,17H,3,7,11-12,14-16H2,1-2H3. The van der Waals surface area contributed by atoms with Gasteiger partial charge in [-0.3, -0.25) is 4.90 Å². The van der Waals surface area contributed by atoms with Gasteiger partial charge in [0, 0.05) is 63.3 Å². The number of benzene rings is 1. The average molecular weight is 312 g/mol. The van der Waals surface area contributed by atoms with Crippen molar-refractivity contribution in [3.05, 3.63) is 48.5 Å². The second kappa shape index (κ2) is 7.64. The second-order valence-corrected chi connectivity index (χ2v) is 6.41. The van der Waals surface area contributed by atoms with Crippen LogP contribution in [0.4, 0.5) is 5.69 Å². The molecule has 0 spiro atoms. The maximum absolute atomic E-state index is 4.44. The molecule has 4 nitrogen and oxygen atoms in total. The van der Waals surface area contributed by atoms with Crippen LogP contribution in [-0.2, 0) is 13.0 Å². The quantitative estimate of drug-likeness (QED) is 0.848. The van der Waals surface area contributed by atoms with Crippen molar-refractivity contribution in [2.75, 3.05) is 31.1 Å². The van der Waals surface area contributed by atoms with E-state index in [1.54, 1.807) is 0 Å². The third-order valence-corrected chi connectivity index (χ3v) is 4.85. The highest BCUT2D eigenvalue weighted by atomic mass is 15.2. The summed E-state index contributed by atoms with van der Waals surface area (Å²) in [7, 11) is 0. The predicted molar refractivity (Wildman–Crippen MR) is 95.9 cm³/mol. The van der Waals surface area contributed by atoms with Gasteiger partial charge in [0.1, 0.15) is 5.82 Å². The SMILES string of the molecule is CCc1nccn1CC(C)N1CCCN(c2ccccc2)CC1. The van der Waals surface area contributed by atoms with Crippen LogP contribution in [0.1, 0.15) is 26.1 Å². The Kier molecular flexibility index (Phi) is 5.34. The monoisotopic (exact) mass is 312 g/mol. The molecule has 0 N–H and O–H groups in total. The molecule has 1 fully saturated rings. The summed E-state index contributed by atoms with van der Waals surface area (Å²) in [5.74, 6) is 1.19. The Bertz CT molecular complexity index is 592. The summed E-state index contributed by atoms with van der Waals surface area (Å²) in [5.41, 5.74) is 1.35. The molecule has 4 heteroatoms. The molecule has 1 aliphatic rings. The van der Waals surface area contributed by atoms with Crippen molar-refractivity contribution in [1.29, 1.82) is 0 Å². The summed E-state index contributed by atoms with van der Waals surface area (Å²) in [6, 6.07) is 11.3. The van der Waals surface area contributed by atoms with E-state index in [1.165, 1.54) is 24.5 Å². The van der Waals surface area contributed by atoms with Crippen LogP contribution in [0.5, 0.6) is 0 Å². The van der Waals surface area contributed by atoms with Gasteiger partial charge in [-0.25, -0.2) is 4.98 Å². The van der Waals surface area contributed by atoms with Crippen molar-refractivity contribution in [3.8, 4) is 0 Å². The number of imidazole rings is 1. The van der Waals surface area contributed by atoms with Crippen LogP contribution >= 0.6 is 0 Å². The fourth-order valence-corrected chi connectivity index (χ4v) is 3.50. The highest BCUT2D eigenvalue weighted by Gasteiger charge is 2.20. The maximum Gasteiger partial charge on any atom is 0.108 e. The van der Waals surface area contributed by atoms with Crippen molar-refractivity contribution in [3.63, 3.8) is 0 Å². The molecule has 2 heterocycles. The summed E-state index contributed by atoms with van der Waals surface area (Å²) in [5, 5.41) is 0. The summed E-state index contributed by atoms with van der Waals surface area (Å²) in [6.45, 7) is 10.1. The lowest BCUT2D eigenvalue weighted by Gasteiger charge is -2.29. The summed E-state index contributed by atoms with van der Waals surface area (Å²) >= 11 is 0. The van der Waals surface area contributed by atoms with Gasteiger partial charge in [0.2, 0.25) is 0 Å². The Morgan fingerprint density at radius 3 is 2.70 bits per heavy atom. The highest BCUT2D eigenvalue weighted by Crippen LogP contribution is 2.17. The van der Waals surface area contributed by atoms with Crippen molar-refractivity contribution in [1.82, 2.24) is 14.5 Å². The Labute approximate surface area is 139 Å². The van der Waals surface area contributed by atoms with Crippen molar-refractivity contribution in [2.24, 2.45) is 0 Å².